The number of pyridine rings is 1. The highest BCUT2D eigenvalue weighted by Gasteiger charge is 2.21. The fourth-order valence-electron chi connectivity index (χ4n) is 3.11. The van der Waals surface area contributed by atoms with E-state index in [0.717, 1.165) is 55.2 Å². The third-order valence-electron chi connectivity index (χ3n) is 4.45. The molecule has 0 atom stereocenters. The summed E-state index contributed by atoms with van der Waals surface area (Å²) in [5, 5.41) is 14.7. The minimum atomic E-state index is 0.477. The van der Waals surface area contributed by atoms with Gasteiger partial charge >= 0.3 is 0 Å². The summed E-state index contributed by atoms with van der Waals surface area (Å²) in [4.78, 5) is 8.84. The Morgan fingerprint density at radius 3 is 2.76 bits per heavy atom. The van der Waals surface area contributed by atoms with Crippen molar-refractivity contribution < 1.29 is 4.52 Å². The third kappa shape index (κ3) is 3.16. The van der Waals surface area contributed by atoms with E-state index in [1.807, 2.05) is 24.3 Å². The van der Waals surface area contributed by atoms with Crippen molar-refractivity contribution in [1.29, 1.82) is 5.26 Å². The van der Waals surface area contributed by atoms with Gasteiger partial charge in [0.25, 0.3) is 0 Å². The van der Waals surface area contributed by atoms with Gasteiger partial charge in [0.1, 0.15) is 17.6 Å². The molecule has 3 aromatic rings. The van der Waals surface area contributed by atoms with E-state index < -0.39 is 0 Å². The van der Waals surface area contributed by atoms with Crippen LogP contribution < -0.4 is 4.90 Å². The van der Waals surface area contributed by atoms with Crippen molar-refractivity contribution in [1.82, 2.24) is 15.0 Å². The topological polar surface area (TPSA) is 69.2 Å². The van der Waals surface area contributed by atoms with Crippen LogP contribution in [0.1, 0.15) is 11.3 Å². The van der Waals surface area contributed by atoms with Gasteiger partial charge in [0.2, 0.25) is 0 Å². The van der Waals surface area contributed by atoms with Gasteiger partial charge < -0.3 is 9.42 Å². The summed E-state index contributed by atoms with van der Waals surface area (Å²) in [6, 6.07) is 11.6. The number of benzene rings is 1. The van der Waals surface area contributed by atoms with Gasteiger partial charge in [-0.25, -0.2) is 4.98 Å². The Balaban J connectivity index is 1.42. The Morgan fingerprint density at radius 2 is 2.00 bits per heavy atom. The number of hydrogen-bond donors (Lipinski definition) is 0. The first kappa shape index (κ1) is 15.9. The predicted octanol–water partition coefficient (Wildman–Crippen LogP) is 3.07. The first-order valence-corrected chi connectivity index (χ1v) is 8.48. The van der Waals surface area contributed by atoms with Gasteiger partial charge in [-0.15, -0.1) is 0 Å². The maximum Gasteiger partial charge on any atom is 0.167 e. The molecule has 0 N–H and O–H groups in total. The van der Waals surface area contributed by atoms with Crippen LogP contribution in [0.25, 0.3) is 11.0 Å². The van der Waals surface area contributed by atoms with Gasteiger partial charge in [-0.2, -0.15) is 5.26 Å². The zero-order valence-corrected chi connectivity index (χ0v) is 14.3. The lowest BCUT2D eigenvalue weighted by atomic mass is 10.2. The second kappa shape index (κ2) is 6.71. The Kier molecular flexibility index (Phi) is 4.26. The van der Waals surface area contributed by atoms with Gasteiger partial charge in [-0.3, -0.25) is 4.90 Å². The smallest absolute Gasteiger partial charge is 0.167 e. The van der Waals surface area contributed by atoms with Crippen molar-refractivity contribution in [3.05, 3.63) is 52.8 Å². The molecule has 0 unspecified atom stereocenters. The van der Waals surface area contributed by atoms with Crippen molar-refractivity contribution in [2.45, 2.75) is 6.54 Å². The van der Waals surface area contributed by atoms with Crippen LogP contribution in [0, 0.1) is 11.3 Å². The second-order valence-electron chi connectivity index (χ2n) is 6.03. The SMILES string of the molecule is N#Cc1cnc(N2CCN(Cc3noc4ccccc34)CC2)c(Cl)c1. The number of halogens is 1. The van der Waals surface area contributed by atoms with Crippen molar-refractivity contribution in [3.8, 4) is 6.07 Å². The summed E-state index contributed by atoms with van der Waals surface area (Å²) in [5.74, 6) is 0.743. The first-order valence-electron chi connectivity index (χ1n) is 8.11. The molecule has 126 valence electrons. The number of piperazine rings is 1. The summed E-state index contributed by atoms with van der Waals surface area (Å²) < 4.78 is 5.38. The number of nitriles is 1. The molecule has 2 aromatic heterocycles. The Hall–Kier alpha value is -2.62. The largest absolute Gasteiger partial charge is 0.356 e. The van der Waals surface area contributed by atoms with Crippen LogP contribution in [-0.2, 0) is 6.54 Å². The molecule has 1 fully saturated rings. The summed E-state index contributed by atoms with van der Waals surface area (Å²) in [6.45, 7) is 4.20. The predicted molar refractivity (Wildman–Crippen MR) is 95.5 cm³/mol. The van der Waals surface area contributed by atoms with Gasteiger partial charge in [-0.05, 0) is 18.2 Å². The zero-order valence-electron chi connectivity index (χ0n) is 13.5. The van der Waals surface area contributed by atoms with Crippen LogP contribution in [0.2, 0.25) is 5.02 Å². The summed E-state index contributed by atoms with van der Waals surface area (Å²) in [6.07, 6.45) is 1.56. The molecule has 25 heavy (non-hydrogen) atoms. The van der Waals surface area contributed by atoms with Crippen LogP contribution in [0.3, 0.4) is 0 Å². The van der Waals surface area contributed by atoms with Crippen LogP contribution in [0.4, 0.5) is 5.82 Å². The molecular formula is C18H16ClN5O. The van der Waals surface area contributed by atoms with Crippen LogP contribution in [-0.4, -0.2) is 41.2 Å². The molecule has 6 nitrogen and oxygen atoms in total. The number of hydrogen-bond acceptors (Lipinski definition) is 6. The second-order valence-corrected chi connectivity index (χ2v) is 6.44. The first-order chi connectivity index (χ1) is 12.2. The molecule has 3 heterocycles. The lowest BCUT2D eigenvalue weighted by molar-refractivity contribution is 0.243. The monoisotopic (exact) mass is 353 g/mol. The van der Waals surface area contributed by atoms with E-state index in [1.165, 1.54) is 0 Å². The average Bonchev–Trinajstić information content (AvgIpc) is 3.05. The zero-order chi connectivity index (χ0) is 17.2. The Bertz CT molecular complexity index is 940. The molecule has 4 rings (SSSR count). The summed E-state index contributed by atoms with van der Waals surface area (Å²) in [5.41, 5.74) is 2.27. The highest BCUT2D eigenvalue weighted by atomic mass is 35.5. The van der Waals surface area contributed by atoms with E-state index >= 15 is 0 Å². The maximum absolute atomic E-state index is 8.91. The number of para-hydroxylation sites is 1. The van der Waals surface area contributed by atoms with Gasteiger partial charge in [0.05, 0.1) is 10.6 Å². The molecule has 0 spiro atoms. The minimum Gasteiger partial charge on any atom is -0.356 e. The molecular weight excluding hydrogens is 338 g/mol. The van der Waals surface area contributed by atoms with Gasteiger partial charge in [0, 0.05) is 44.3 Å². The number of nitrogens with zero attached hydrogens (tertiary/aromatic N) is 5. The van der Waals surface area contributed by atoms with E-state index in [1.54, 1.807) is 12.3 Å². The maximum atomic E-state index is 8.91. The molecule has 1 saturated heterocycles. The lowest BCUT2D eigenvalue weighted by Gasteiger charge is -2.35. The fourth-order valence-corrected chi connectivity index (χ4v) is 3.39. The number of rotatable bonds is 3. The highest BCUT2D eigenvalue weighted by molar-refractivity contribution is 6.33. The Labute approximate surface area is 150 Å². The molecule has 0 aliphatic carbocycles. The Morgan fingerprint density at radius 1 is 1.20 bits per heavy atom. The number of fused-ring (bicyclic) bond motifs is 1. The minimum absolute atomic E-state index is 0.477. The normalized spacial score (nSPS) is 15.4. The molecule has 0 radical (unpaired) electrons. The molecule has 0 amide bonds. The van der Waals surface area contributed by atoms with E-state index in [0.29, 0.717) is 10.6 Å². The van der Waals surface area contributed by atoms with Crippen LogP contribution in [0.15, 0.2) is 41.1 Å². The standard InChI is InChI=1S/C18H16ClN5O/c19-15-9-13(10-20)11-21-18(15)24-7-5-23(6-8-24)12-16-14-3-1-2-4-17(14)25-22-16/h1-4,9,11H,5-8,12H2. The molecule has 1 aromatic carbocycles. The van der Waals surface area contributed by atoms with Crippen molar-refractivity contribution in [2.24, 2.45) is 0 Å². The molecule has 0 saturated carbocycles. The lowest BCUT2D eigenvalue weighted by Crippen LogP contribution is -2.46. The van der Waals surface area contributed by atoms with Crippen molar-refractivity contribution in [3.63, 3.8) is 0 Å². The number of aromatic nitrogens is 2. The quantitative estimate of drug-likeness (QED) is 0.720. The molecule has 1 aliphatic rings. The molecule has 1 aliphatic heterocycles. The van der Waals surface area contributed by atoms with E-state index in [-0.39, 0.29) is 0 Å². The van der Waals surface area contributed by atoms with Gasteiger partial charge in [0.15, 0.2) is 5.58 Å². The van der Waals surface area contributed by atoms with Gasteiger partial charge in [-0.1, -0.05) is 28.9 Å². The number of anilines is 1. The molecule has 0 bridgehead atoms. The van der Waals surface area contributed by atoms with E-state index in [9.17, 15) is 0 Å². The summed E-state index contributed by atoms with van der Waals surface area (Å²) >= 11 is 6.27. The fraction of sp³-hybridized carbons (Fsp3) is 0.278. The van der Waals surface area contributed by atoms with E-state index in [4.69, 9.17) is 21.4 Å². The highest BCUT2D eigenvalue weighted by Crippen LogP contribution is 2.26. The van der Waals surface area contributed by atoms with Crippen LogP contribution >= 0.6 is 11.6 Å². The van der Waals surface area contributed by atoms with Crippen LogP contribution in [0.5, 0.6) is 0 Å². The average molecular weight is 354 g/mol. The van der Waals surface area contributed by atoms with Crippen molar-refractivity contribution in [2.75, 3.05) is 31.1 Å². The summed E-state index contributed by atoms with van der Waals surface area (Å²) in [7, 11) is 0. The van der Waals surface area contributed by atoms with E-state index in [2.05, 4.69) is 26.0 Å². The molecule has 7 heteroatoms. The third-order valence-corrected chi connectivity index (χ3v) is 4.73. The van der Waals surface area contributed by atoms with Crippen molar-refractivity contribution >= 4 is 28.4 Å².